The Balaban J connectivity index is 1.43. The van der Waals surface area contributed by atoms with E-state index in [0.717, 1.165) is 41.8 Å². The van der Waals surface area contributed by atoms with Gasteiger partial charge in [-0.3, -0.25) is 14.9 Å². The molecule has 0 saturated carbocycles. The molecule has 4 heterocycles. The molecule has 9 nitrogen and oxygen atoms in total. The topological polar surface area (TPSA) is 112 Å². The van der Waals surface area contributed by atoms with E-state index in [-0.39, 0.29) is 38.6 Å². The van der Waals surface area contributed by atoms with Crippen molar-refractivity contribution in [3.8, 4) is 6.07 Å². The number of imidazole rings is 1. The third kappa shape index (κ3) is 6.95. The van der Waals surface area contributed by atoms with Crippen LogP contribution in [-0.2, 0) is 22.6 Å². The number of benzene rings is 1. The van der Waals surface area contributed by atoms with E-state index in [1.807, 2.05) is 29.7 Å². The van der Waals surface area contributed by atoms with E-state index in [2.05, 4.69) is 30.6 Å². The van der Waals surface area contributed by atoms with Gasteiger partial charge in [-0.2, -0.15) is 5.26 Å². The van der Waals surface area contributed by atoms with Crippen molar-refractivity contribution in [3.63, 3.8) is 0 Å². The van der Waals surface area contributed by atoms with E-state index in [9.17, 15) is 23.6 Å². The van der Waals surface area contributed by atoms with Crippen molar-refractivity contribution in [2.45, 2.75) is 59.2 Å². The van der Waals surface area contributed by atoms with E-state index in [1.165, 1.54) is 12.1 Å². The highest BCUT2D eigenvalue weighted by molar-refractivity contribution is 7.14. The number of carbonyl (C=O) groups excluding carboxylic acids is 2. The Hall–Kier alpha value is -3.66. The molecule has 1 atom stereocenters. The number of hydrogen-bond donors (Lipinski definition) is 2. The van der Waals surface area contributed by atoms with Gasteiger partial charge in [-0.1, -0.05) is 32.9 Å². The second kappa shape index (κ2) is 12.9. The number of thiophene rings is 1. The normalized spacial score (nSPS) is 18.3. The number of fused-ring (bicyclic) bond motifs is 1. The van der Waals surface area contributed by atoms with Crippen LogP contribution in [0.25, 0.3) is 11.0 Å². The first kappa shape index (κ1) is 30.8. The van der Waals surface area contributed by atoms with Gasteiger partial charge >= 0.3 is 0 Å². The lowest BCUT2D eigenvalue weighted by atomic mass is 9.86. The van der Waals surface area contributed by atoms with Crippen molar-refractivity contribution in [2.24, 2.45) is 11.3 Å². The van der Waals surface area contributed by atoms with Gasteiger partial charge in [0.2, 0.25) is 5.95 Å². The summed E-state index contributed by atoms with van der Waals surface area (Å²) in [5, 5.41) is 16.1. The van der Waals surface area contributed by atoms with Crippen LogP contribution >= 0.6 is 11.3 Å². The maximum Gasteiger partial charge on any atom is 0.272 e. The van der Waals surface area contributed by atoms with Crippen LogP contribution in [0.1, 0.15) is 60.2 Å². The molecule has 2 N–H and O–H groups in total. The van der Waals surface area contributed by atoms with Crippen LogP contribution in [0.2, 0.25) is 0 Å². The SMILES string of the molecule is CC(C)CNCc1ccc2c(c1)nc(NC(=O)c1ccc(C(F)F)s1)n2C[C@H]1CCCN1C(=O)C(C#N)=CC1(C)COC1. The van der Waals surface area contributed by atoms with Gasteiger partial charge in [0, 0.05) is 25.0 Å². The molecular formula is C31H36F2N6O3S. The first-order valence-corrected chi connectivity index (χ1v) is 15.3. The molecule has 2 aromatic heterocycles. The molecule has 2 amide bonds. The third-order valence-electron chi connectivity index (χ3n) is 7.72. The largest absolute Gasteiger partial charge is 0.379 e. The molecular weight excluding hydrogens is 574 g/mol. The molecule has 12 heteroatoms. The molecule has 0 aliphatic carbocycles. The molecule has 5 rings (SSSR count). The number of hydrogen-bond acceptors (Lipinski definition) is 7. The van der Waals surface area contributed by atoms with Gasteiger partial charge < -0.3 is 19.5 Å². The van der Waals surface area contributed by atoms with Crippen molar-refractivity contribution >= 4 is 40.1 Å². The molecule has 2 aliphatic heterocycles. The van der Waals surface area contributed by atoms with E-state index in [0.29, 0.717) is 44.3 Å². The summed E-state index contributed by atoms with van der Waals surface area (Å²) in [4.78, 5) is 33.1. The standard InChI is InChI=1S/C31H36F2N6O3S/c1-19(2)14-35-15-20-6-7-24-23(11-20)36-30(37-28(40)26-9-8-25(43-26)27(32)33)39(24)16-22-5-4-10-38(22)29(41)21(13-34)12-31(3)17-42-18-31/h6-9,11-12,19,22,27,35H,4-5,10,14-18H2,1-3H3,(H,36,37,40)/t22-/m1/s1. The van der Waals surface area contributed by atoms with Crippen LogP contribution in [0.5, 0.6) is 0 Å². The zero-order valence-corrected chi connectivity index (χ0v) is 25.3. The van der Waals surface area contributed by atoms with Gasteiger partial charge in [0.15, 0.2) is 0 Å². The van der Waals surface area contributed by atoms with Crippen LogP contribution in [0.15, 0.2) is 42.0 Å². The Kier molecular flexibility index (Phi) is 9.25. The highest BCUT2D eigenvalue weighted by atomic mass is 32.1. The number of nitrogens with one attached hydrogen (secondary N) is 2. The number of nitrogens with zero attached hydrogens (tertiary/aromatic N) is 4. The van der Waals surface area contributed by atoms with Crippen molar-refractivity contribution in [1.29, 1.82) is 5.26 Å². The van der Waals surface area contributed by atoms with E-state index >= 15 is 0 Å². The minimum atomic E-state index is -2.66. The van der Waals surface area contributed by atoms with Crippen molar-refractivity contribution in [2.75, 3.05) is 31.6 Å². The maximum atomic E-state index is 13.5. The van der Waals surface area contributed by atoms with Gasteiger partial charge in [0.1, 0.15) is 11.6 Å². The Bertz CT molecular complexity index is 1570. The monoisotopic (exact) mass is 610 g/mol. The summed E-state index contributed by atoms with van der Waals surface area (Å²) in [7, 11) is 0. The lowest BCUT2D eigenvalue weighted by Crippen LogP contribution is -2.41. The van der Waals surface area contributed by atoms with Crippen molar-refractivity contribution < 1.29 is 23.1 Å². The fourth-order valence-corrected chi connectivity index (χ4v) is 6.24. The molecule has 2 saturated heterocycles. The average Bonchev–Trinajstić information content (AvgIpc) is 3.70. The number of amides is 2. The maximum absolute atomic E-state index is 13.5. The molecule has 228 valence electrons. The molecule has 43 heavy (non-hydrogen) atoms. The van der Waals surface area contributed by atoms with Crippen LogP contribution in [0.4, 0.5) is 14.7 Å². The Morgan fingerprint density at radius 2 is 2.07 bits per heavy atom. The van der Waals surface area contributed by atoms with Crippen molar-refractivity contribution in [3.05, 3.63) is 57.3 Å². The zero-order chi connectivity index (χ0) is 30.7. The number of aromatic nitrogens is 2. The van der Waals surface area contributed by atoms with Gasteiger partial charge in [-0.15, -0.1) is 11.3 Å². The molecule has 0 radical (unpaired) electrons. The summed E-state index contributed by atoms with van der Waals surface area (Å²) in [5.41, 5.74) is 2.25. The molecule has 2 fully saturated rings. The minimum Gasteiger partial charge on any atom is -0.379 e. The van der Waals surface area contributed by atoms with Crippen molar-refractivity contribution in [1.82, 2.24) is 19.8 Å². The lowest BCUT2D eigenvalue weighted by Gasteiger charge is -2.35. The molecule has 1 aromatic carbocycles. The fourth-order valence-electron chi connectivity index (χ4n) is 5.48. The van der Waals surface area contributed by atoms with Crippen LogP contribution in [0.3, 0.4) is 0 Å². The number of anilines is 1. The summed E-state index contributed by atoms with van der Waals surface area (Å²) >= 11 is 0.743. The number of alkyl halides is 2. The van der Waals surface area contributed by atoms with Crippen LogP contribution < -0.4 is 10.6 Å². The van der Waals surface area contributed by atoms with Gasteiger partial charge in [-0.05, 0) is 55.1 Å². The van der Waals surface area contributed by atoms with Gasteiger partial charge in [-0.25, -0.2) is 13.8 Å². The minimum absolute atomic E-state index is 0.104. The van der Waals surface area contributed by atoms with Crippen LogP contribution in [-0.4, -0.2) is 58.6 Å². The first-order valence-electron chi connectivity index (χ1n) is 14.5. The second-order valence-electron chi connectivity index (χ2n) is 12.0. The summed E-state index contributed by atoms with van der Waals surface area (Å²) in [6.07, 6.45) is 0.561. The summed E-state index contributed by atoms with van der Waals surface area (Å²) in [5.74, 6) is -0.0678. The average molecular weight is 611 g/mol. The second-order valence-corrected chi connectivity index (χ2v) is 13.1. The third-order valence-corrected chi connectivity index (χ3v) is 8.82. The van der Waals surface area contributed by atoms with E-state index in [4.69, 9.17) is 9.72 Å². The summed E-state index contributed by atoms with van der Waals surface area (Å²) in [6, 6.07) is 10.4. The highest BCUT2D eigenvalue weighted by Crippen LogP contribution is 2.32. The number of ether oxygens (including phenoxy) is 1. The number of rotatable bonds is 11. The smallest absolute Gasteiger partial charge is 0.272 e. The first-order chi connectivity index (χ1) is 20.6. The van der Waals surface area contributed by atoms with Crippen LogP contribution in [0, 0.1) is 22.7 Å². The number of likely N-dealkylation sites (tertiary alicyclic amines) is 1. The lowest BCUT2D eigenvalue weighted by molar-refractivity contribution is -0.128. The molecule has 0 bridgehead atoms. The summed E-state index contributed by atoms with van der Waals surface area (Å²) < 4.78 is 33.5. The quantitative estimate of drug-likeness (QED) is 0.219. The van der Waals surface area contributed by atoms with Gasteiger partial charge in [0.05, 0.1) is 40.0 Å². The molecule has 2 aliphatic rings. The Morgan fingerprint density at radius 1 is 1.28 bits per heavy atom. The Labute approximate surface area is 253 Å². The summed E-state index contributed by atoms with van der Waals surface area (Å²) in [6.45, 7) is 9.56. The predicted molar refractivity (Wildman–Crippen MR) is 161 cm³/mol. The fraction of sp³-hybridized carbons (Fsp3) is 0.484. The number of nitriles is 1. The van der Waals surface area contributed by atoms with Gasteiger partial charge in [0.25, 0.3) is 18.2 Å². The highest BCUT2D eigenvalue weighted by Gasteiger charge is 2.36. The number of carbonyl (C=O) groups is 2. The van der Waals surface area contributed by atoms with E-state index in [1.54, 1.807) is 11.0 Å². The molecule has 0 unspecified atom stereocenters. The predicted octanol–water partition coefficient (Wildman–Crippen LogP) is 5.51. The molecule has 3 aromatic rings. The number of halogens is 2. The zero-order valence-electron chi connectivity index (χ0n) is 24.5. The van der Waals surface area contributed by atoms with E-state index < -0.39 is 12.3 Å². The molecule has 0 spiro atoms. The Morgan fingerprint density at radius 3 is 2.72 bits per heavy atom.